The maximum atomic E-state index is 14.3. The van der Waals surface area contributed by atoms with E-state index in [-0.39, 0.29) is 17.6 Å². The second-order valence-electron chi connectivity index (χ2n) is 5.93. The normalized spacial score (nSPS) is 21.0. The van der Waals surface area contributed by atoms with E-state index >= 15 is 0 Å². The molecular weight excluding hydrogens is 311 g/mol. The van der Waals surface area contributed by atoms with Crippen molar-refractivity contribution in [2.75, 3.05) is 26.8 Å². The third-order valence-corrected chi connectivity index (χ3v) is 4.43. The van der Waals surface area contributed by atoms with Gasteiger partial charge in [-0.05, 0) is 25.8 Å². The van der Waals surface area contributed by atoms with Crippen molar-refractivity contribution in [3.63, 3.8) is 0 Å². The highest BCUT2D eigenvalue weighted by molar-refractivity contribution is 5.85. The fraction of sp³-hybridized carbons (Fsp3) is 0.556. The molecule has 2 rings (SSSR count). The van der Waals surface area contributed by atoms with Gasteiger partial charge in [0.15, 0.2) is 0 Å². The summed E-state index contributed by atoms with van der Waals surface area (Å²) < 4.78 is 19.3. The number of halogens is 1. The lowest BCUT2D eigenvalue weighted by Crippen LogP contribution is -2.48. The Balaban J connectivity index is 2.22. The minimum atomic E-state index is -0.556. The van der Waals surface area contributed by atoms with Gasteiger partial charge in [0.05, 0.1) is 12.0 Å². The quantitative estimate of drug-likeness (QED) is 0.777. The van der Waals surface area contributed by atoms with Gasteiger partial charge in [0.2, 0.25) is 11.8 Å². The summed E-state index contributed by atoms with van der Waals surface area (Å²) in [5.41, 5.74) is 0.407. The Morgan fingerprint density at radius 2 is 2.17 bits per heavy atom. The highest BCUT2D eigenvalue weighted by atomic mass is 19.1. The topological polar surface area (TPSA) is 58.6 Å². The SMILES string of the molecule is CCN1C(=O)CC[C@@H](C(=O)NCCCOC)[C@@H]1c1ccccc1F. The molecule has 1 fully saturated rings. The van der Waals surface area contributed by atoms with Crippen molar-refractivity contribution in [2.24, 2.45) is 5.92 Å². The van der Waals surface area contributed by atoms with E-state index in [0.717, 1.165) is 6.42 Å². The lowest BCUT2D eigenvalue weighted by Gasteiger charge is -2.40. The molecule has 0 radical (unpaired) electrons. The summed E-state index contributed by atoms with van der Waals surface area (Å²) in [6, 6.07) is 5.82. The van der Waals surface area contributed by atoms with Crippen LogP contribution in [0.3, 0.4) is 0 Å². The van der Waals surface area contributed by atoms with E-state index in [1.54, 1.807) is 30.2 Å². The summed E-state index contributed by atoms with van der Waals surface area (Å²) in [5, 5.41) is 2.89. The lowest BCUT2D eigenvalue weighted by atomic mass is 9.83. The van der Waals surface area contributed by atoms with E-state index < -0.39 is 12.0 Å². The van der Waals surface area contributed by atoms with E-state index in [1.807, 2.05) is 6.92 Å². The number of hydrogen-bond acceptors (Lipinski definition) is 3. The van der Waals surface area contributed by atoms with Crippen molar-refractivity contribution in [2.45, 2.75) is 32.2 Å². The van der Waals surface area contributed by atoms with Gasteiger partial charge in [-0.3, -0.25) is 9.59 Å². The van der Waals surface area contributed by atoms with E-state index in [9.17, 15) is 14.0 Å². The molecule has 1 saturated heterocycles. The number of methoxy groups -OCH3 is 1. The van der Waals surface area contributed by atoms with E-state index in [4.69, 9.17) is 4.74 Å². The Bertz CT molecular complexity index is 579. The molecule has 24 heavy (non-hydrogen) atoms. The van der Waals surface area contributed by atoms with Crippen molar-refractivity contribution in [1.29, 1.82) is 0 Å². The van der Waals surface area contributed by atoms with Crippen molar-refractivity contribution < 1.29 is 18.7 Å². The van der Waals surface area contributed by atoms with Gasteiger partial charge in [-0.15, -0.1) is 0 Å². The molecule has 0 aromatic heterocycles. The molecule has 5 nitrogen and oxygen atoms in total. The third-order valence-electron chi connectivity index (χ3n) is 4.43. The second kappa shape index (κ2) is 8.78. The van der Waals surface area contributed by atoms with Crippen molar-refractivity contribution in [1.82, 2.24) is 10.2 Å². The molecule has 1 aromatic carbocycles. The Hall–Kier alpha value is -1.95. The lowest BCUT2D eigenvalue weighted by molar-refractivity contribution is -0.143. The molecule has 1 N–H and O–H groups in total. The zero-order chi connectivity index (χ0) is 17.5. The van der Waals surface area contributed by atoms with Crippen LogP contribution in [0.1, 0.15) is 37.8 Å². The first-order chi connectivity index (χ1) is 11.6. The second-order valence-corrected chi connectivity index (χ2v) is 5.93. The number of benzene rings is 1. The number of piperidine rings is 1. The van der Waals surface area contributed by atoms with Gasteiger partial charge in [0.1, 0.15) is 5.82 Å². The number of nitrogens with one attached hydrogen (secondary N) is 1. The number of amides is 2. The number of carbonyl (C=O) groups is 2. The summed E-state index contributed by atoms with van der Waals surface area (Å²) >= 11 is 0. The first-order valence-corrected chi connectivity index (χ1v) is 8.40. The molecule has 0 spiro atoms. The molecular formula is C18H25FN2O3. The van der Waals surface area contributed by atoms with E-state index in [1.165, 1.54) is 6.07 Å². The Morgan fingerprint density at radius 3 is 2.83 bits per heavy atom. The van der Waals surface area contributed by atoms with Crippen molar-refractivity contribution >= 4 is 11.8 Å². The number of hydrogen-bond donors (Lipinski definition) is 1. The zero-order valence-electron chi connectivity index (χ0n) is 14.3. The van der Waals surface area contributed by atoms with Crippen LogP contribution in [0.5, 0.6) is 0 Å². The summed E-state index contributed by atoms with van der Waals surface area (Å²) in [4.78, 5) is 26.5. The summed E-state index contributed by atoms with van der Waals surface area (Å²) in [6.07, 6.45) is 1.47. The molecule has 1 aliphatic heterocycles. The van der Waals surface area contributed by atoms with Gasteiger partial charge in [-0.1, -0.05) is 18.2 Å². The van der Waals surface area contributed by atoms with Gasteiger partial charge in [0, 0.05) is 38.8 Å². The van der Waals surface area contributed by atoms with Crippen LogP contribution in [0.25, 0.3) is 0 Å². The number of ether oxygens (including phenoxy) is 1. The largest absolute Gasteiger partial charge is 0.385 e. The standard InChI is InChI=1S/C18H25FN2O3/c1-3-21-16(22)10-9-14(18(23)20-11-6-12-24-2)17(21)13-7-4-5-8-15(13)19/h4-5,7-8,14,17H,3,6,9-12H2,1-2H3,(H,20,23)/t14-,17+/m1/s1. The summed E-state index contributed by atoms with van der Waals surface area (Å²) in [5.74, 6) is -0.991. The highest BCUT2D eigenvalue weighted by Gasteiger charge is 2.40. The average molecular weight is 336 g/mol. The molecule has 1 aromatic rings. The molecule has 2 atom stereocenters. The maximum Gasteiger partial charge on any atom is 0.225 e. The molecule has 0 unspecified atom stereocenters. The Labute approximate surface area is 142 Å². The number of likely N-dealkylation sites (tertiary alicyclic amines) is 1. The molecule has 6 heteroatoms. The van der Waals surface area contributed by atoms with Crippen LogP contribution < -0.4 is 5.32 Å². The van der Waals surface area contributed by atoms with Crippen LogP contribution in [0, 0.1) is 11.7 Å². The fourth-order valence-electron chi connectivity index (χ4n) is 3.26. The van der Waals surface area contributed by atoms with Crippen LogP contribution in [-0.4, -0.2) is 43.5 Å². The average Bonchev–Trinajstić information content (AvgIpc) is 2.58. The van der Waals surface area contributed by atoms with Crippen LogP contribution in [-0.2, 0) is 14.3 Å². The molecule has 1 heterocycles. The first-order valence-electron chi connectivity index (χ1n) is 8.40. The number of nitrogens with zero attached hydrogens (tertiary/aromatic N) is 1. The molecule has 0 aliphatic carbocycles. The maximum absolute atomic E-state index is 14.3. The van der Waals surface area contributed by atoms with Crippen LogP contribution in [0.2, 0.25) is 0 Å². The monoisotopic (exact) mass is 336 g/mol. The number of carbonyl (C=O) groups excluding carboxylic acids is 2. The smallest absolute Gasteiger partial charge is 0.225 e. The minimum Gasteiger partial charge on any atom is -0.385 e. The predicted octanol–water partition coefficient (Wildman–Crippen LogP) is 2.28. The van der Waals surface area contributed by atoms with Crippen LogP contribution in [0.15, 0.2) is 24.3 Å². The third kappa shape index (κ3) is 4.12. The predicted molar refractivity (Wildman–Crippen MR) is 88.8 cm³/mol. The van der Waals surface area contributed by atoms with Gasteiger partial charge >= 0.3 is 0 Å². The van der Waals surface area contributed by atoms with Gasteiger partial charge in [-0.25, -0.2) is 4.39 Å². The fourth-order valence-corrected chi connectivity index (χ4v) is 3.26. The molecule has 0 bridgehead atoms. The zero-order valence-corrected chi connectivity index (χ0v) is 14.3. The van der Waals surface area contributed by atoms with Gasteiger partial charge < -0.3 is 15.0 Å². The highest BCUT2D eigenvalue weighted by Crippen LogP contribution is 2.37. The van der Waals surface area contributed by atoms with Crippen molar-refractivity contribution in [3.05, 3.63) is 35.6 Å². The Kier molecular flexibility index (Phi) is 6.73. The van der Waals surface area contributed by atoms with Gasteiger partial charge in [-0.2, -0.15) is 0 Å². The summed E-state index contributed by atoms with van der Waals surface area (Å²) in [7, 11) is 1.61. The molecule has 132 valence electrons. The van der Waals surface area contributed by atoms with Gasteiger partial charge in [0.25, 0.3) is 0 Å². The Morgan fingerprint density at radius 1 is 1.42 bits per heavy atom. The first kappa shape index (κ1) is 18.4. The van der Waals surface area contributed by atoms with Crippen LogP contribution >= 0.6 is 0 Å². The summed E-state index contributed by atoms with van der Waals surface area (Å²) in [6.45, 7) is 3.38. The van der Waals surface area contributed by atoms with E-state index in [2.05, 4.69) is 5.32 Å². The number of rotatable bonds is 7. The van der Waals surface area contributed by atoms with Crippen LogP contribution in [0.4, 0.5) is 4.39 Å². The van der Waals surface area contributed by atoms with E-state index in [0.29, 0.717) is 38.1 Å². The minimum absolute atomic E-state index is 0.0332. The molecule has 1 aliphatic rings. The van der Waals surface area contributed by atoms with Crippen molar-refractivity contribution in [3.8, 4) is 0 Å². The molecule has 0 saturated carbocycles. The molecule has 2 amide bonds.